The molecule has 0 saturated carbocycles. The summed E-state index contributed by atoms with van der Waals surface area (Å²) in [6.07, 6.45) is 6.33. The molecule has 3 aromatic rings. The van der Waals surface area contributed by atoms with Crippen LogP contribution in [-0.4, -0.2) is 51.0 Å². The van der Waals surface area contributed by atoms with E-state index in [1.807, 2.05) is 12.1 Å². The Morgan fingerprint density at radius 1 is 1.06 bits per heavy atom. The first-order chi connectivity index (χ1) is 16.6. The molecule has 3 rings (SSSR count). The highest BCUT2D eigenvalue weighted by Crippen LogP contribution is 2.36. The molecule has 6 heteroatoms. The molecule has 1 heterocycles. The van der Waals surface area contributed by atoms with E-state index >= 15 is 0 Å². The van der Waals surface area contributed by atoms with Crippen molar-refractivity contribution in [3.05, 3.63) is 77.5 Å². The summed E-state index contributed by atoms with van der Waals surface area (Å²) in [6, 6.07) is 16.8. The van der Waals surface area contributed by atoms with Crippen LogP contribution < -0.4 is 0 Å². The third-order valence-corrected chi connectivity index (χ3v) is 11.6. The summed E-state index contributed by atoms with van der Waals surface area (Å²) < 4.78 is 11.2. The second-order valence-electron chi connectivity index (χ2n) is 10.6. The monoisotopic (exact) mass is 492 g/mol. The van der Waals surface area contributed by atoms with Crippen LogP contribution in [0.15, 0.2) is 60.8 Å². The highest BCUT2D eigenvalue weighted by atomic mass is 28.4. The average molecular weight is 493 g/mol. The summed E-state index contributed by atoms with van der Waals surface area (Å²) in [4.78, 5) is 17.2. The Bertz CT molecular complexity index is 1130. The molecule has 0 atom stereocenters. The van der Waals surface area contributed by atoms with Crippen LogP contribution in [0, 0.1) is 0 Å². The Morgan fingerprint density at radius 3 is 2.46 bits per heavy atom. The molecule has 1 aromatic heterocycles. The zero-order chi connectivity index (χ0) is 25.5. The van der Waals surface area contributed by atoms with E-state index in [1.165, 1.54) is 35.2 Å². The first kappa shape index (κ1) is 26.9. The smallest absolute Gasteiger partial charge is 0.330 e. The Kier molecular flexibility index (Phi) is 9.11. The Morgan fingerprint density at radius 2 is 1.77 bits per heavy atom. The number of carbonyl (C=O) groups is 1. The van der Waals surface area contributed by atoms with E-state index in [4.69, 9.17) is 4.43 Å². The van der Waals surface area contributed by atoms with E-state index in [9.17, 15) is 4.79 Å². The zero-order valence-electron chi connectivity index (χ0n) is 22.1. The van der Waals surface area contributed by atoms with Crippen molar-refractivity contribution in [3.63, 3.8) is 0 Å². The minimum Gasteiger partial charge on any atom is -0.466 e. The molecule has 0 aliphatic rings. The molecule has 188 valence electrons. The van der Waals surface area contributed by atoms with Gasteiger partial charge in [0.05, 0.1) is 7.11 Å². The van der Waals surface area contributed by atoms with Crippen LogP contribution in [0.25, 0.3) is 17.0 Å². The molecule has 0 saturated heterocycles. The van der Waals surface area contributed by atoms with Crippen LogP contribution >= 0.6 is 0 Å². The van der Waals surface area contributed by atoms with Gasteiger partial charge in [-0.25, -0.2) is 4.79 Å². The molecule has 35 heavy (non-hydrogen) atoms. The van der Waals surface area contributed by atoms with E-state index in [-0.39, 0.29) is 11.0 Å². The second-order valence-corrected chi connectivity index (χ2v) is 15.4. The molecule has 0 aliphatic carbocycles. The van der Waals surface area contributed by atoms with Gasteiger partial charge in [-0.2, -0.15) is 0 Å². The fraction of sp³-hybridized carbons (Fsp3) is 0.414. The fourth-order valence-electron chi connectivity index (χ4n) is 3.76. The normalized spacial score (nSPS) is 12.7. The van der Waals surface area contributed by atoms with Crippen molar-refractivity contribution in [1.82, 2.24) is 9.88 Å². The van der Waals surface area contributed by atoms with Crippen LogP contribution in [0.4, 0.5) is 0 Å². The molecule has 5 nitrogen and oxygen atoms in total. The van der Waals surface area contributed by atoms with Gasteiger partial charge < -0.3 is 14.1 Å². The van der Waals surface area contributed by atoms with Crippen molar-refractivity contribution in [2.45, 2.75) is 51.9 Å². The topological polar surface area (TPSA) is 54.6 Å². The molecule has 0 spiro atoms. The molecular weight excluding hydrogens is 452 g/mol. The van der Waals surface area contributed by atoms with Crippen molar-refractivity contribution in [2.75, 3.05) is 26.8 Å². The van der Waals surface area contributed by atoms with E-state index < -0.39 is 8.32 Å². The first-order valence-corrected chi connectivity index (χ1v) is 15.3. The summed E-state index contributed by atoms with van der Waals surface area (Å²) in [7, 11) is -0.398. The number of rotatable bonds is 11. The van der Waals surface area contributed by atoms with E-state index in [0.29, 0.717) is 0 Å². The lowest BCUT2D eigenvalue weighted by molar-refractivity contribution is -0.134. The minimum atomic E-state index is -1.78. The van der Waals surface area contributed by atoms with E-state index in [0.717, 1.165) is 38.2 Å². The minimum absolute atomic E-state index is 0.204. The molecule has 0 aliphatic heterocycles. The molecular formula is C29H40N2O3Si. The standard InChI is InChI=1S/C29H40N2O3Si/c1-29(2,3)35(5,6)34-20-19-31(18-17-25-21-30-27-10-8-7-9-26(25)27)22-24-13-11-23(12-14-24)15-16-28(32)33-4/h7-16,21,30H,17-20,22H2,1-6H3. The number of hydrogen-bond acceptors (Lipinski definition) is 4. The summed E-state index contributed by atoms with van der Waals surface area (Å²) in [5.41, 5.74) is 4.75. The number of carbonyl (C=O) groups excluding carboxylic acids is 1. The van der Waals surface area contributed by atoms with Gasteiger partial charge in [0.15, 0.2) is 8.32 Å². The molecule has 0 bridgehead atoms. The lowest BCUT2D eigenvalue weighted by Crippen LogP contribution is -2.43. The third-order valence-electron chi connectivity index (χ3n) is 7.05. The van der Waals surface area contributed by atoms with Gasteiger partial charge in [-0.1, -0.05) is 63.2 Å². The van der Waals surface area contributed by atoms with Crippen molar-refractivity contribution in [3.8, 4) is 0 Å². The number of aromatic amines is 1. The number of esters is 1. The number of H-pyrrole nitrogens is 1. The maximum Gasteiger partial charge on any atom is 0.330 e. The fourth-order valence-corrected chi connectivity index (χ4v) is 4.79. The predicted molar refractivity (Wildman–Crippen MR) is 148 cm³/mol. The van der Waals surface area contributed by atoms with Crippen molar-refractivity contribution < 1.29 is 14.0 Å². The third kappa shape index (κ3) is 7.66. The molecule has 2 aromatic carbocycles. The number of ether oxygens (including phenoxy) is 1. The number of methoxy groups -OCH3 is 1. The van der Waals surface area contributed by atoms with Gasteiger partial charge in [0.1, 0.15) is 0 Å². The van der Waals surface area contributed by atoms with Gasteiger partial charge in [0.25, 0.3) is 0 Å². The van der Waals surface area contributed by atoms with Gasteiger partial charge in [0, 0.05) is 49.4 Å². The Hall–Kier alpha value is -2.67. The summed E-state index contributed by atoms with van der Waals surface area (Å²) in [5, 5.41) is 1.50. The summed E-state index contributed by atoms with van der Waals surface area (Å²) in [6.45, 7) is 14.9. The Balaban J connectivity index is 1.68. The lowest BCUT2D eigenvalue weighted by atomic mass is 10.1. The predicted octanol–water partition coefficient (Wildman–Crippen LogP) is 6.42. The van der Waals surface area contributed by atoms with Gasteiger partial charge in [-0.3, -0.25) is 4.90 Å². The van der Waals surface area contributed by atoms with Gasteiger partial charge in [0.2, 0.25) is 0 Å². The van der Waals surface area contributed by atoms with Crippen LogP contribution in [0.3, 0.4) is 0 Å². The van der Waals surface area contributed by atoms with Crippen molar-refractivity contribution in [2.24, 2.45) is 0 Å². The number of aromatic nitrogens is 1. The highest BCUT2D eigenvalue weighted by molar-refractivity contribution is 6.74. The van der Waals surface area contributed by atoms with Crippen molar-refractivity contribution >= 4 is 31.3 Å². The quantitative estimate of drug-likeness (QED) is 0.191. The van der Waals surface area contributed by atoms with Gasteiger partial charge in [-0.15, -0.1) is 0 Å². The zero-order valence-corrected chi connectivity index (χ0v) is 23.1. The summed E-state index contributed by atoms with van der Waals surface area (Å²) >= 11 is 0. The van der Waals surface area contributed by atoms with Gasteiger partial charge in [-0.05, 0) is 53.4 Å². The van der Waals surface area contributed by atoms with Crippen LogP contribution in [0.2, 0.25) is 18.1 Å². The number of hydrogen-bond donors (Lipinski definition) is 1. The number of benzene rings is 2. The highest BCUT2D eigenvalue weighted by Gasteiger charge is 2.37. The van der Waals surface area contributed by atoms with E-state index in [1.54, 1.807) is 6.08 Å². The first-order valence-electron chi connectivity index (χ1n) is 12.4. The van der Waals surface area contributed by atoms with Crippen molar-refractivity contribution in [1.29, 1.82) is 0 Å². The molecule has 0 unspecified atom stereocenters. The Labute approximate surface area is 211 Å². The van der Waals surface area contributed by atoms with Gasteiger partial charge >= 0.3 is 5.97 Å². The number of nitrogens with one attached hydrogen (secondary N) is 1. The average Bonchev–Trinajstić information content (AvgIpc) is 3.24. The number of para-hydroxylation sites is 1. The molecule has 0 amide bonds. The SMILES string of the molecule is COC(=O)C=Cc1ccc(CN(CCO[Si](C)(C)C(C)(C)C)CCc2c[nH]c3ccccc23)cc1. The molecule has 0 radical (unpaired) electrons. The largest absolute Gasteiger partial charge is 0.466 e. The summed E-state index contributed by atoms with van der Waals surface area (Å²) in [5.74, 6) is -0.348. The van der Waals surface area contributed by atoms with Crippen LogP contribution in [-0.2, 0) is 26.9 Å². The maximum atomic E-state index is 11.4. The maximum absolute atomic E-state index is 11.4. The lowest BCUT2D eigenvalue weighted by Gasteiger charge is -2.37. The van der Waals surface area contributed by atoms with Crippen LogP contribution in [0.1, 0.15) is 37.5 Å². The van der Waals surface area contributed by atoms with Crippen LogP contribution in [0.5, 0.6) is 0 Å². The molecule has 1 N–H and O–H groups in total. The molecule has 0 fully saturated rings. The number of nitrogens with zero attached hydrogens (tertiary/aromatic N) is 1. The number of fused-ring (bicyclic) bond motifs is 1. The second kappa shape index (κ2) is 11.8. The van der Waals surface area contributed by atoms with E-state index in [2.05, 4.69) is 91.1 Å².